The van der Waals surface area contributed by atoms with E-state index in [1.165, 1.54) is 0 Å². The van der Waals surface area contributed by atoms with Crippen LogP contribution in [0.5, 0.6) is 0 Å². The number of ether oxygens (including phenoxy) is 1. The number of rotatable bonds is 3. The van der Waals surface area contributed by atoms with Crippen molar-refractivity contribution in [1.29, 1.82) is 0 Å². The lowest BCUT2D eigenvalue weighted by Crippen LogP contribution is -2.37. The Balaban J connectivity index is 2.17. The van der Waals surface area contributed by atoms with Crippen molar-refractivity contribution in [1.82, 2.24) is 9.97 Å². The van der Waals surface area contributed by atoms with Crippen LogP contribution in [0.1, 0.15) is 25.6 Å². The molecule has 1 aliphatic heterocycles. The van der Waals surface area contributed by atoms with Gasteiger partial charge in [0.1, 0.15) is 17.7 Å². The summed E-state index contributed by atoms with van der Waals surface area (Å²) in [6.07, 6.45) is 3.55. The van der Waals surface area contributed by atoms with E-state index in [0.29, 0.717) is 6.61 Å². The lowest BCUT2D eigenvalue weighted by molar-refractivity contribution is -0.144. The summed E-state index contributed by atoms with van der Waals surface area (Å²) in [7, 11) is 0. The number of carbonyl (C=O) groups excluding carboxylic acids is 1. The van der Waals surface area contributed by atoms with Crippen molar-refractivity contribution >= 4 is 11.8 Å². The largest absolute Gasteiger partial charge is 0.464 e. The van der Waals surface area contributed by atoms with E-state index in [1.807, 2.05) is 24.8 Å². The van der Waals surface area contributed by atoms with Gasteiger partial charge in [-0.3, -0.25) is 0 Å². The lowest BCUT2D eigenvalue weighted by atomic mass is 10.2. The summed E-state index contributed by atoms with van der Waals surface area (Å²) in [5, 5.41) is 0. The highest BCUT2D eigenvalue weighted by Crippen LogP contribution is 2.24. The van der Waals surface area contributed by atoms with Gasteiger partial charge in [-0.2, -0.15) is 0 Å². The van der Waals surface area contributed by atoms with Crippen molar-refractivity contribution < 1.29 is 9.53 Å². The van der Waals surface area contributed by atoms with E-state index >= 15 is 0 Å². The van der Waals surface area contributed by atoms with Crippen LogP contribution < -0.4 is 4.90 Å². The van der Waals surface area contributed by atoms with Crippen molar-refractivity contribution in [2.45, 2.75) is 32.7 Å². The van der Waals surface area contributed by atoms with E-state index in [0.717, 1.165) is 31.0 Å². The van der Waals surface area contributed by atoms with Gasteiger partial charge >= 0.3 is 5.97 Å². The van der Waals surface area contributed by atoms with Crippen molar-refractivity contribution in [2.75, 3.05) is 18.1 Å². The Labute approximate surface area is 101 Å². The minimum absolute atomic E-state index is 0.152. The summed E-state index contributed by atoms with van der Waals surface area (Å²) in [6, 6.07) is 1.65. The van der Waals surface area contributed by atoms with Crippen molar-refractivity contribution in [3.8, 4) is 0 Å². The summed E-state index contributed by atoms with van der Waals surface area (Å²) < 4.78 is 5.08. The highest BCUT2D eigenvalue weighted by Gasteiger charge is 2.32. The number of nitrogens with zero attached hydrogens (tertiary/aromatic N) is 3. The van der Waals surface area contributed by atoms with Gasteiger partial charge in [-0.15, -0.1) is 0 Å². The molecular formula is C12H17N3O2. The van der Waals surface area contributed by atoms with Gasteiger partial charge in [0, 0.05) is 12.7 Å². The maximum atomic E-state index is 11.8. The Bertz CT molecular complexity index is 408. The second-order valence-electron chi connectivity index (χ2n) is 4.07. The average molecular weight is 235 g/mol. The number of esters is 1. The number of anilines is 1. The van der Waals surface area contributed by atoms with Gasteiger partial charge in [-0.05, 0) is 32.8 Å². The predicted molar refractivity (Wildman–Crippen MR) is 63.8 cm³/mol. The molecule has 0 aliphatic carbocycles. The first kappa shape index (κ1) is 11.8. The van der Waals surface area contributed by atoms with Gasteiger partial charge in [0.25, 0.3) is 0 Å². The van der Waals surface area contributed by atoms with E-state index in [4.69, 9.17) is 4.74 Å². The summed E-state index contributed by atoms with van der Waals surface area (Å²) >= 11 is 0. The van der Waals surface area contributed by atoms with Gasteiger partial charge in [-0.1, -0.05) is 0 Å². The molecule has 5 heteroatoms. The lowest BCUT2D eigenvalue weighted by Gasteiger charge is -2.23. The van der Waals surface area contributed by atoms with Gasteiger partial charge in [0.15, 0.2) is 0 Å². The Morgan fingerprint density at radius 1 is 1.65 bits per heavy atom. The van der Waals surface area contributed by atoms with E-state index in [2.05, 4.69) is 9.97 Å². The number of hydrogen-bond donors (Lipinski definition) is 0. The normalized spacial score (nSPS) is 19.4. The quantitative estimate of drug-likeness (QED) is 0.739. The molecule has 2 heterocycles. The maximum absolute atomic E-state index is 11.8. The molecule has 5 nitrogen and oxygen atoms in total. The van der Waals surface area contributed by atoms with Crippen LogP contribution in [-0.4, -0.2) is 35.1 Å². The van der Waals surface area contributed by atoms with Crippen molar-refractivity contribution in [3.63, 3.8) is 0 Å². The van der Waals surface area contributed by atoms with Crippen LogP contribution in [0.15, 0.2) is 12.3 Å². The summed E-state index contributed by atoms with van der Waals surface area (Å²) in [5.41, 5.74) is 0. The molecule has 0 N–H and O–H groups in total. The van der Waals surface area contributed by atoms with Crippen LogP contribution in [0, 0.1) is 6.92 Å². The van der Waals surface area contributed by atoms with Crippen LogP contribution >= 0.6 is 0 Å². The monoisotopic (exact) mass is 235 g/mol. The zero-order chi connectivity index (χ0) is 12.3. The molecule has 1 atom stereocenters. The number of carbonyl (C=O) groups is 1. The topological polar surface area (TPSA) is 55.3 Å². The highest BCUT2D eigenvalue weighted by molar-refractivity contribution is 5.80. The zero-order valence-electron chi connectivity index (χ0n) is 10.2. The molecule has 1 aromatic heterocycles. The van der Waals surface area contributed by atoms with Gasteiger partial charge in [0.05, 0.1) is 6.61 Å². The second-order valence-corrected chi connectivity index (χ2v) is 4.07. The molecule has 17 heavy (non-hydrogen) atoms. The minimum Gasteiger partial charge on any atom is -0.464 e. The number of aryl methyl sites for hydroxylation is 1. The molecule has 92 valence electrons. The average Bonchev–Trinajstić information content (AvgIpc) is 2.78. The standard InChI is InChI=1S/C12H17N3O2/c1-3-17-12(16)10-5-4-8-15(10)11-6-7-13-9(2)14-11/h6-7,10H,3-5,8H2,1-2H3. The molecule has 1 aromatic rings. The van der Waals surface area contributed by atoms with Crippen molar-refractivity contribution in [3.05, 3.63) is 18.1 Å². The Morgan fingerprint density at radius 3 is 3.18 bits per heavy atom. The maximum Gasteiger partial charge on any atom is 0.328 e. The van der Waals surface area contributed by atoms with E-state index in [1.54, 1.807) is 6.20 Å². The molecule has 0 amide bonds. The van der Waals surface area contributed by atoms with Crippen LogP contribution in [0.2, 0.25) is 0 Å². The molecule has 1 fully saturated rings. The molecule has 1 aliphatic rings. The van der Waals surface area contributed by atoms with Gasteiger partial charge in [0.2, 0.25) is 0 Å². The third-order valence-corrected chi connectivity index (χ3v) is 2.87. The molecular weight excluding hydrogens is 218 g/mol. The summed E-state index contributed by atoms with van der Waals surface area (Å²) in [6.45, 7) is 4.94. The smallest absolute Gasteiger partial charge is 0.328 e. The van der Waals surface area contributed by atoms with E-state index in [9.17, 15) is 4.79 Å². The molecule has 2 rings (SSSR count). The summed E-state index contributed by atoms with van der Waals surface area (Å²) in [4.78, 5) is 22.2. The van der Waals surface area contributed by atoms with Crippen LogP contribution in [0.4, 0.5) is 5.82 Å². The molecule has 1 unspecified atom stereocenters. The fraction of sp³-hybridized carbons (Fsp3) is 0.583. The van der Waals surface area contributed by atoms with Crippen LogP contribution in [0.3, 0.4) is 0 Å². The fourth-order valence-corrected chi connectivity index (χ4v) is 2.13. The molecule has 1 saturated heterocycles. The van der Waals surface area contributed by atoms with Gasteiger partial charge < -0.3 is 9.64 Å². The second kappa shape index (κ2) is 5.12. The molecule has 0 bridgehead atoms. The Morgan fingerprint density at radius 2 is 2.47 bits per heavy atom. The zero-order valence-corrected chi connectivity index (χ0v) is 10.2. The minimum atomic E-state index is -0.191. The van der Waals surface area contributed by atoms with Gasteiger partial charge in [-0.25, -0.2) is 14.8 Å². The first-order chi connectivity index (χ1) is 8.22. The Hall–Kier alpha value is -1.65. The number of hydrogen-bond acceptors (Lipinski definition) is 5. The van der Waals surface area contributed by atoms with Crippen LogP contribution in [-0.2, 0) is 9.53 Å². The third-order valence-electron chi connectivity index (χ3n) is 2.87. The fourth-order valence-electron chi connectivity index (χ4n) is 2.13. The first-order valence-corrected chi connectivity index (χ1v) is 5.95. The third kappa shape index (κ3) is 2.54. The highest BCUT2D eigenvalue weighted by atomic mass is 16.5. The SMILES string of the molecule is CCOC(=O)C1CCCN1c1ccnc(C)n1. The number of aromatic nitrogens is 2. The molecule has 0 aromatic carbocycles. The van der Waals surface area contributed by atoms with E-state index in [-0.39, 0.29) is 12.0 Å². The van der Waals surface area contributed by atoms with E-state index < -0.39 is 0 Å². The molecule has 0 saturated carbocycles. The summed E-state index contributed by atoms with van der Waals surface area (Å²) in [5.74, 6) is 1.38. The van der Waals surface area contributed by atoms with Crippen LogP contribution in [0.25, 0.3) is 0 Å². The molecule has 0 radical (unpaired) electrons. The van der Waals surface area contributed by atoms with Crippen molar-refractivity contribution in [2.24, 2.45) is 0 Å². The predicted octanol–water partition coefficient (Wildman–Crippen LogP) is 1.32. The Kier molecular flexibility index (Phi) is 3.56. The molecule has 0 spiro atoms. The first-order valence-electron chi connectivity index (χ1n) is 5.95.